The van der Waals surface area contributed by atoms with E-state index in [1.54, 1.807) is 67.8 Å². The number of H-pyrrole nitrogens is 6. The van der Waals surface area contributed by atoms with Crippen LogP contribution in [0.15, 0.2) is 146 Å². The first-order valence-electron chi connectivity index (χ1n) is 33.8. The van der Waals surface area contributed by atoms with Crippen LogP contribution >= 0.6 is 0 Å². The molecule has 6 aromatic heterocycles. The third-order valence-electron chi connectivity index (χ3n) is 15.3. The number of rotatable bonds is 28. The van der Waals surface area contributed by atoms with Crippen LogP contribution < -0.4 is 69.5 Å². The van der Waals surface area contributed by atoms with E-state index in [1.807, 2.05) is 87.5 Å². The van der Waals surface area contributed by atoms with Crippen molar-refractivity contribution >= 4 is 65.1 Å². The van der Waals surface area contributed by atoms with Crippen LogP contribution in [0.3, 0.4) is 0 Å². The van der Waals surface area contributed by atoms with Crippen LogP contribution in [0, 0.1) is 58.2 Å². The second-order valence-electron chi connectivity index (χ2n) is 23.8. The molecule has 1 amide bonds. The zero-order valence-corrected chi connectivity index (χ0v) is 67.6. The van der Waals surface area contributed by atoms with Crippen LogP contribution in [0.4, 0.5) is 17.1 Å². The standard InChI is InChI=1S/C15H16N4O4.C14H15N3O4.C13H14N4O3.C11H11N3O2.C10H8N4O4.C10H7N4O3.2Na/c1-9-3-5-10(6-4-9)13-17-14(19-18-13)12(15(20)21)11(7-16)8-23-22-2;1-2-21-11(18)8-10-15-13(17-16-10)12(14(19)20)9-6-4-3-5-7-9;1-7-3-4-9(5-10(7)14-8(2)18)13-15-11(16-17-13)6-12(19)20;1-7-4-2-3-5-8(7)11-12-9(13-14-11)6-10(15)16;15-9(16)5-8-11-10(13-12-8)6-2-1-3-7(4-6)14(17)18;15-6-5-9-11-10(13-12-9)7-1-3-8(4-2-7)14(16)17;;/h3-6,11-12H,8H2,1-2H3,(H,20,21)(H,17,18,19);3-7,12H,2,8H2,1H3,(H,19,20)(H,15,16,17);3-5H,6H2,1-2H3,(H,14,18)(H,19,20)(H,15,16,17);2-5H,6H2,1H3,(H,15,16)(H,12,13,14);1-4H,5H2,(H,15,16)(H,11,12,13);1-4H,5H2,(H,11,12,13);;/q;;;;;-1;2*+1/p-1. The molecule has 6 aromatic carbocycles. The van der Waals surface area contributed by atoms with Gasteiger partial charge in [-0.05, 0) is 62.6 Å². The molecule has 6 heterocycles. The number of nitrogens with zero attached hydrogens (tertiary/aromatic N) is 15. The van der Waals surface area contributed by atoms with Crippen LogP contribution in [-0.2, 0) is 85.0 Å². The molecule has 42 nitrogen and oxygen atoms in total. The minimum absolute atomic E-state index is 0. The predicted octanol–water partition coefficient (Wildman–Crippen LogP) is 0.278. The molecule has 594 valence electrons. The second kappa shape index (κ2) is 47.1. The maximum atomic E-state index is 11.5. The van der Waals surface area contributed by atoms with Gasteiger partial charge in [-0.3, -0.25) is 85.9 Å². The number of hydrogen-bond donors (Lipinski definition) is 11. The van der Waals surface area contributed by atoms with Gasteiger partial charge in [0.25, 0.3) is 11.4 Å². The van der Waals surface area contributed by atoms with Gasteiger partial charge in [-0.2, -0.15) is 35.9 Å². The Morgan fingerprint density at radius 2 is 1.06 bits per heavy atom. The minimum Gasteiger partial charge on any atom is -0.550 e. The molecule has 0 saturated carbocycles. The smallest absolute Gasteiger partial charge is 0.550 e. The molecule has 12 aromatic rings. The number of aliphatic carboxylic acids is 5. The number of aromatic amines is 6. The fourth-order valence-corrected chi connectivity index (χ4v) is 9.89. The Labute approximate surface area is 706 Å². The first kappa shape index (κ1) is 93.9. The summed E-state index contributed by atoms with van der Waals surface area (Å²) in [5.41, 5.74) is 7.69. The van der Waals surface area contributed by atoms with Gasteiger partial charge in [0.15, 0.2) is 34.9 Å². The number of nitrogens with one attached hydrogen (secondary N) is 7. The first-order valence-corrected chi connectivity index (χ1v) is 33.8. The SMILES string of the molecule is CC(=O)Nc1cc(-c2n[nH]c(CC(=O)O)n2)ccc1C.CCOC(=O)Cc1nc(C(C(=O)O)c2ccccc2)n[nH]1.COOCC(C#N)C(C(=O)O)c1nc(-c2ccc(C)cc2)n[nH]1.Cc1ccccc1-c1n[nH]c(CC(=O)O)n1.O=C([O-])Cc1nc(-c2cccc([N+](=O)[O-])c2)n[nH]1.O=[C-]Cc1nc(-c2ccc([N+](=O)[O-])cc2)n[nH]1.[Na+].[Na+]. The van der Waals surface area contributed by atoms with Crippen molar-refractivity contribution in [2.45, 2.75) is 78.6 Å². The van der Waals surface area contributed by atoms with Crippen molar-refractivity contribution in [3.05, 3.63) is 229 Å². The second-order valence-corrected chi connectivity index (χ2v) is 23.8. The number of ether oxygens (including phenoxy) is 1. The van der Waals surface area contributed by atoms with Crippen LogP contribution in [0.1, 0.15) is 88.7 Å². The van der Waals surface area contributed by atoms with Gasteiger partial charge in [0.05, 0.1) is 48.0 Å². The van der Waals surface area contributed by atoms with E-state index >= 15 is 0 Å². The van der Waals surface area contributed by atoms with Gasteiger partial charge in [0.2, 0.25) is 5.91 Å². The van der Waals surface area contributed by atoms with Crippen LogP contribution in [0.25, 0.3) is 56.9 Å². The number of non-ortho nitro benzene ring substituents is 2. The summed E-state index contributed by atoms with van der Waals surface area (Å²) < 4.78 is 4.80. The summed E-state index contributed by atoms with van der Waals surface area (Å²) in [7, 11) is 1.29. The van der Waals surface area contributed by atoms with Crippen LogP contribution in [0.2, 0.25) is 0 Å². The molecule has 0 aliphatic carbocycles. The number of carbonyl (C=O) groups excluding carboxylic acids is 4. The number of carboxylic acids is 5. The summed E-state index contributed by atoms with van der Waals surface area (Å²) >= 11 is 0. The van der Waals surface area contributed by atoms with E-state index in [9.17, 15) is 79.2 Å². The molecule has 0 aliphatic heterocycles. The average molecular weight is 1620 g/mol. The van der Waals surface area contributed by atoms with Crippen molar-refractivity contribution in [1.82, 2.24) is 91.1 Å². The fourth-order valence-electron chi connectivity index (χ4n) is 9.89. The summed E-state index contributed by atoms with van der Waals surface area (Å²) in [4.78, 5) is 141. The molecule has 0 saturated heterocycles. The Morgan fingerprint density at radius 3 is 1.60 bits per heavy atom. The molecular formula is C73H70N22Na2O20. The Morgan fingerprint density at radius 1 is 0.556 bits per heavy atom. The van der Waals surface area contributed by atoms with Gasteiger partial charge >= 0.3 is 89.0 Å². The van der Waals surface area contributed by atoms with Gasteiger partial charge in [0, 0.05) is 77.1 Å². The third-order valence-corrected chi connectivity index (χ3v) is 15.3. The topological polar surface area (TPSA) is 640 Å². The molecular weight excluding hydrogens is 1550 g/mol. The monoisotopic (exact) mass is 1620 g/mol. The number of aromatic nitrogens is 18. The van der Waals surface area contributed by atoms with Crippen molar-refractivity contribution < 1.29 is 147 Å². The van der Waals surface area contributed by atoms with Gasteiger partial charge in [-0.1, -0.05) is 115 Å². The fraction of sp³-hybridized carbons (Fsp3) is 0.219. The molecule has 0 aliphatic rings. The molecule has 3 unspecified atom stereocenters. The summed E-state index contributed by atoms with van der Waals surface area (Å²) in [6, 6.07) is 42.8. The number of esters is 1. The first-order chi connectivity index (χ1) is 55.1. The van der Waals surface area contributed by atoms with E-state index in [0.717, 1.165) is 27.8 Å². The average Bonchev–Trinajstić information content (AvgIpc) is 1.70. The van der Waals surface area contributed by atoms with Crippen molar-refractivity contribution in [1.29, 1.82) is 5.26 Å². The number of aryl methyl sites for hydroxylation is 3. The molecule has 44 heteroatoms. The number of hydrogen-bond acceptors (Lipinski definition) is 29. The number of carboxylic acid groups (broad SMARTS) is 5. The van der Waals surface area contributed by atoms with Crippen molar-refractivity contribution in [3.63, 3.8) is 0 Å². The van der Waals surface area contributed by atoms with Gasteiger partial charge < -0.3 is 45.2 Å². The zero-order chi connectivity index (χ0) is 83.7. The molecule has 0 radical (unpaired) electrons. The Balaban J connectivity index is 0.000000250. The van der Waals surface area contributed by atoms with Crippen molar-refractivity contribution in [2.24, 2.45) is 5.92 Å². The molecule has 0 fully saturated rings. The molecule has 12 rings (SSSR count). The quantitative estimate of drug-likeness (QED) is 0.00783. The summed E-state index contributed by atoms with van der Waals surface area (Å²) in [6.45, 7) is 9.03. The molecule has 3 atom stereocenters. The number of amides is 1. The number of anilines is 1. The van der Waals surface area contributed by atoms with Crippen molar-refractivity contribution in [3.8, 4) is 63.0 Å². The molecule has 117 heavy (non-hydrogen) atoms. The third kappa shape index (κ3) is 29.7. The van der Waals surface area contributed by atoms with Crippen LogP contribution in [0.5, 0.6) is 0 Å². The van der Waals surface area contributed by atoms with Crippen LogP contribution in [-0.4, -0.2) is 190 Å². The van der Waals surface area contributed by atoms with E-state index in [4.69, 9.17) is 19.8 Å². The summed E-state index contributed by atoms with van der Waals surface area (Å²) in [5.74, 6) is -5.56. The maximum absolute atomic E-state index is 11.5. The van der Waals surface area contributed by atoms with E-state index in [-0.39, 0.29) is 157 Å². The Kier molecular flexibility index (Phi) is 37.8. The maximum Gasteiger partial charge on any atom is 1.00 e. The predicted molar refractivity (Wildman–Crippen MR) is 397 cm³/mol. The number of nitro groups is 2. The summed E-state index contributed by atoms with van der Waals surface area (Å²) in [5, 5.41) is 118. The Hall–Kier alpha value is -13.7. The number of nitriles is 1. The van der Waals surface area contributed by atoms with Gasteiger partial charge in [-0.15, -0.1) is 0 Å². The van der Waals surface area contributed by atoms with E-state index < -0.39 is 63.4 Å². The molecule has 0 spiro atoms. The number of carbonyl (C=O) groups is 7. The van der Waals surface area contributed by atoms with Gasteiger partial charge in [-0.25, -0.2) is 39.7 Å². The zero-order valence-electron chi connectivity index (χ0n) is 63.6. The number of nitro benzene ring substituents is 2. The minimum atomic E-state index is -1.28. The van der Waals surface area contributed by atoms with Crippen molar-refractivity contribution in [2.75, 3.05) is 25.6 Å². The van der Waals surface area contributed by atoms with E-state index in [1.165, 1.54) is 44.4 Å². The molecule has 11 N–H and O–H groups in total. The van der Waals surface area contributed by atoms with Gasteiger partial charge in [0.1, 0.15) is 60.2 Å². The summed E-state index contributed by atoms with van der Waals surface area (Å²) in [6.07, 6.45) is 0.936. The Bertz CT molecular complexity index is 5380. The normalized spacial score (nSPS) is 10.9. The largest absolute Gasteiger partial charge is 1.00 e. The van der Waals surface area contributed by atoms with E-state index in [2.05, 4.69) is 101 Å². The number of benzene rings is 6. The van der Waals surface area contributed by atoms with E-state index in [0.29, 0.717) is 62.9 Å². The molecule has 0 bridgehead atoms.